The first kappa shape index (κ1) is 17.9. The second-order valence-corrected chi connectivity index (χ2v) is 7.57. The van der Waals surface area contributed by atoms with Crippen LogP contribution in [0.5, 0.6) is 11.6 Å². The lowest BCUT2D eigenvalue weighted by Gasteiger charge is -2.14. The van der Waals surface area contributed by atoms with Gasteiger partial charge in [-0.1, -0.05) is 0 Å². The van der Waals surface area contributed by atoms with Crippen molar-refractivity contribution in [3.63, 3.8) is 0 Å². The number of amides is 1. The molecular formula is C21H21FN4O3. The molecule has 5 rings (SSSR count). The molecule has 150 valence electrons. The summed E-state index contributed by atoms with van der Waals surface area (Å²) in [6.45, 7) is 0. The van der Waals surface area contributed by atoms with Gasteiger partial charge in [0.05, 0.1) is 36.5 Å². The number of aromatic nitrogens is 3. The van der Waals surface area contributed by atoms with Crippen molar-refractivity contribution in [3.8, 4) is 22.9 Å². The third kappa shape index (κ3) is 3.28. The third-order valence-corrected chi connectivity index (χ3v) is 5.37. The van der Waals surface area contributed by atoms with Gasteiger partial charge in [-0.15, -0.1) is 0 Å². The number of pyridine rings is 2. The first-order valence-electron chi connectivity index (χ1n) is 9.65. The Morgan fingerprint density at radius 1 is 1.31 bits per heavy atom. The fourth-order valence-corrected chi connectivity index (χ4v) is 3.48. The van der Waals surface area contributed by atoms with Crippen molar-refractivity contribution in [1.29, 1.82) is 0 Å². The number of carbonyl (C=O) groups is 1. The van der Waals surface area contributed by atoms with Gasteiger partial charge in [0.25, 0.3) is 0 Å². The summed E-state index contributed by atoms with van der Waals surface area (Å²) in [5, 5.41) is 3.59. The highest BCUT2D eigenvalue weighted by molar-refractivity contribution is 5.96. The topological polar surface area (TPSA) is 78.3 Å². The Morgan fingerprint density at radius 3 is 2.79 bits per heavy atom. The number of methoxy groups -OCH3 is 1. The molecule has 3 aromatic heterocycles. The molecule has 0 bridgehead atoms. The molecule has 2 aliphatic carbocycles. The Kier molecular flexibility index (Phi) is 4.15. The molecule has 0 saturated heterocycles. The molecule has 29 heavy (non-hydrogen) atoms. The highest BCUT2D eigenvalue weighted by Crippen LogP contribution is 2.41. The van der Waals surface area contributed by atoms with Gasteiger partial charge in [-0.2, -0.15) is 0 Å². The smallest absolute Gasteiger partial charge is 0.231 e. The van der Waals surface area contributed by atoms with Crippen molar-refractivity contribution in [2.75, 3.05) is 12.4 Å². The highest BCUT2D eigenvalue weighted by Gasteiger charge is 2.43. The monoisotopic (exact) mass is 396 g/mol. The van der Waals surface area contributed by atoms with E-state index in [1.165, 1.54) is 0 Å². The highest BCUT2D eigenvalue weighted by atomic mass is 19.1. The number of alkyl halides is 1. The van der Waals surface area contributed by atoms with E-state index in [4.69, 9.17) is 9.47 Å². The number of carbonyl (C=O) groups excluding carboxylic acids is 1. The standard InChI is InChI=1S/C21H21FN4O3/c1-26-15(19-17(29-12-3-4-12)5-6-23-21(19)28-2)7-11-8-18(24-10-16(11)26)25-20(27)13-9-14(13)22/h5-8,10,12-14H,3-4,9H2,1-2H3,(H,24,25,27). The Hall–Kier alpha value is -3.16. The number of hydrogen-bond acceptors (Lipinski definition) is 5. The van der Waals surface area contributed by atoms with Crippen molar-refractivity contribution in [1.82, 2.24) is 14.5 Å². The number of halogens is 1. The van der Waals surface area contributed by atoms with Crippen LogP contribution in [0.2, 0.25) is 0 Å². The number of rotatable bonds is 6. The van der Waals surface area contributed by atoms with Gasteiger partial charge < -0.3 is 19.4 Å². The lowest BCUT2D eigenvalue weighted by molar-refractivity contribution is -0.117. The van der Waals surface area contributed by atoms with Gasteiger partial charge in [-0.3, -0.25) is 4.79 Å². The average Bonchev–Trinajstić information content (AvgIpc) is 3.63. The van der Waals surface area contributed by atoms with E-state index < -0.39 is 12.1 Å². The number of aryl methyl sites for hydroxylation is 1. The number of nitrogens with one attached hydrogen (secondary N) is 1. The van der Waals surface area contributed by atoms with Gasteiger partial charge in [0.1, 0.15) is 23.3 Å². The first-order valence-corrected chi connectivity index (χ1v) is 9.65. The minimum absolute atomic E-state index is 0.237. The van der Waals surface area contributed by atoms with Crippen LogP contribution in [0.3, 0.4) is 0 Å². The quantitative estimate of drug-likeness (QED) is 0.690. The molecule has 1 amide bonds. The minimum Gasteiger partial charge on any atom is -0.489 e. The van der Waals surface area contributed by atoms with E-state index in [1.807, 2.05) is 23.7 Å². The zero-order chi connectivity index (χ0) is 20.1. The predicted octanol–water partition coefficient (Wildman–Crippen LogP) is 3.48. The summed E-state index contributed by atoms with van der Waals surface area (Å²) < 4.78 is 26.7. The van der Waals surface area contributed by atoms with Crippen molar-refractivity contribution in [2.45, 2.75) is 31.5 Å². The van der Waals surface area contributed by atoms with Gasteiger partial charge in [0.15, 0.2) is 0 Å². The molecule has 8 heteroatoms. The Morgan fingerprint density at radius 2 is 2.10 bits per heavy atom. The molecule has 7 nitrogen and oxygen atoms in total. The molecule has 2 atom stereocenters. The second-order valence-electron chi connectivity index (χ2n) is 7.57. The molecule has 0 aromatic carbocycles. The summed E-state index contributed by atoms with van der Waals surface area (Å²) in [5.74, 6) is 0.745. The molecule has 2 saturated carbocycles. The lowest BCUT2D eigenvalue weighted by atomic mass is 10.1. The van der Waals surface area contributed by atoms with Crippen LogP contribution in [-0.4, -0.2) is 39.8 Å². The van der Waals surface area contributed by atoms with E-state index in [0.29, 0.717) is 11.7 Å². The molecule has 3 heterocycles. The fraction of sp³-hybridized carbons (Fsp3) is 0.381. The number of ether oxygens (including phenoxy) is 2. The molecule has 0 aliphatic heterocycles. The molecule has 0 radical (unpaired) electrons. The van der Waals surface area contributed by atoms with Crippen LogP contribution in [0.15, 0.2) is 30.6 Å². The van der Waals surface area contributed by atoms with Crippen LogP contribution in [-0.2, 0) is 11.8 Å². The largest absolute Gasteiger partial charge is 0.489 e. The Labute approximate surface area is 166 Å². The van der Waals surface area contributed by atoms with Crippen LogP contribution < -0.4 is 14.8 Å². The normalized spacial score (nSPS) is 20.5. The van der Waals surface area contributed by atoms with Crippen molar-refractivity contribution in [3.05, 3.63) is 30.6 Å². The molecule has 0 spiro atoms. The maximum atomic E-state index is 13.1. The number of fused-ring (bicyclic) bond motifs is 1. The van der Waals surface area contributed by atoms with Crippen LogP contribution in [0.4, 0.5) is 10.2 Å². The molecule has 1 N–H and O–H groups in total. The second kappa shape index (κ2) is 6.72. The summed E-state index contributed by atoms with van der Waals surface area (Å²) in [7, 11) is 3.52. The predicted molar refractivity (Wildman–Crippen MR) is 106 cm³/mol. The van der Waals surface area contributed by atoms with E-state index in [9.17, 15) is 9.18 Å². The van der Waals surface area contributed by atoms with Gasteiger partial charge in [-0.05, 0) is 37.5 Å². The maximum absolute atomic E-state index is 13.1. The minimum atomic E-state index is -1.04. The summed E-state index contributed by atoms with van der Waals surface area (Å²) in [6.07, 6.45) is 4.95. The maximum Gasteiger partial charge on any atom is 0.231 e. The van der Waals surface area contributed by atoms with E-state index in [-0.39, 0.29) is 18.4 Å². The molecule has 2 unspecified atom stereocenters. The average molecular weight is 396 g/mol. The molecule has 2 aliphatic rings. The summed E-state index contributed by atoms with van der Waals surface area (Å²) in [4.78, 5) is 20.7. The van der Waals surface area contributed by atoms with Gasteiger partial charge >= 0.3 is 0 Å². The van der Waals surface area contributed by atoms with E-state index in [0.717, 1.165) is 40.8 Å². The molecule has 3 aromatic rings. The first-order chi connectivity index (χ1) is 14.0. The van der Waals surface area contributed by atoms with E-state index in [1.54, 1.807) is 25.6 Å². The Bertz CT molecular complexity index is 1110. The Balaban J connectivity index is 1.54. The van der Waals surface area contributed by atoms with Crippen LogP contribution >= 0.6 is 0 Å². The summed E-state index contributed by atoms with van der Waals surface area (Å²) in [5.41, 5.74) is 2.54. The summed E-state index contributed by atoms with van der Waals surface area (Å²) >= 11 is 0. The van der Waals surface area contributed by atoms with E-state index >= 15 is 0 Å². The van der Waals surface area contributed by atoms with Crippen molar-refractivity contribution >= 4 is 22.6 Å². The van der Waals surface area contributed by atoms with Crippen LogP contribution in [0, 0.1) is 5.92 Å². The number of nitrogens with zero attached hydrogens (tertiary/aromatic N) is 3. The molecular weight excluding hydrogens is 375 g/mol. The molecule has 2 fully saturated rings. The zero-order valence-corrected chi connectivity index (χ0v) is 16.2. The van der Waals surface area contributed by atoms with Gasteiger partial charge in [-0.25, -0.2) is 14.4 Å². The number of hydrogen-bond donors (Lipinski definition) is 1. The van der Waals surface area contributed by atoms with Crippen LogP contribution in [0.1, 0.15) is 19.3 Å². The fourth-order valence-electron chi connectivity index (χ4n) is 3.48. The van der Waals surface area contributed by atoms with E-state index in [2.05, 4.69) is 15.3 Å². The lowest BCUT2D eigenvalue weighted by Crippen LogP contribution is -2.15. The van der Waals surface area contributed by atoms with Gasteiger partial charge in [0.2, 0.25) is 11.8 Å². The third-order valence-electron chi connectivity index (χ3n) is 5.37. The van der Waals surface area contributed by atoms with Crippen molar-refractivity contribution < 1.29 is 18.7 Å². The number of anilines is 1. The summed E-state index contributed by atoms with van der Waals surface area (Å²) in [6, 6.07) is 5.62. The van der Waals surface area contributed by atoms with Crippen LogP contribution in [0.25, 0.3) is 22.2 Å². The van der Waals surface area contributed by atoms with Crippen molar-refractivity contribution in [2.24, 2.45) is 13.0 Å². The zero-order valence-electron chi connectivity index (χ0n) is 16.2. The SMILES string of the molecule is COc1nccc(OC2CC2)c1-c1cc2cc(NC(=O)C3CC3F)ncc2n1C. The van der Waals surface area contributed by atoms with Gasteiger partial charge in [0, 0.05) is 18.6 Å².